The minimum atomic E-state index is 0.0333. The van der Waals surface area contributed by atoms with Gasteiger partial charge in [-0.25, -0.2) is 0 Å². The highest BCUT2D eigenvalue weighted by Gasteiger charge is 2.48. The molecule has 3 aliphatic rings. The first-order valence-electron chi connectivity index (χ1n) is 21.6. The Labute approximate surface area is 346 Å². The van der Waals surface area contributed by atoms with E-state index in [1.165, 1.54) is 114 Å². The van der Waals surface area contributed by atoms with Crippen molar-refractivity contribution in [3.8, 4) is 11.1 Å². The zero-order valence-corrected chi connectivity index (χ0v) is 36.1. The highest BCUT2D eigenvalue weighted by Crippen LogP contribution is 2.53. The molecule has 0 spiro atoms. The molecule has 2 nitrogen and oxygen atoms in total. The molecule has 4 heteroatoms. The fourth-order valence-electron chi connectivity index (χ4n) is 9.62. The number of benzene rings is 5. The average Bonchev–Trinajstić information content (AvgIpc) is 3.59. The van der Waals surface area contributed by atoms with E-state index in [2.05, 4.69) is 180 Å². The second-order valence-electron chi connectivity index (χ2n) is 18.0. The number of aryl methyl sites for hydroxylation is 3. The lowest BCUT2D eigenvalue weighted by atomic mass is 9.33. The Bertz CT molecular complexity index is 2530. The van der Waals surface area contributed by atoms with E-state index in [9.17, 15) is 0 Å². The van der Waals surface area contributed by atoms with Crippen molar-refractivity contribution in [1.29, 1.82) is 0 Å². The molecule has 1 aromatic heterocycles. The molecule has 5 aromatic carbocycles. The molecule has 3 heterocycles. The lowest BCUT2D eigenvalue weighted by Gasteiger charge is -2.47. The van der Waals surface area contributed by atoms with Crippen molar-refractivity contribution in [3.63, 3.8) is 0 Å². The minimum Gasteiger partial charge on any atom is -0.312 e. The first kappa shape index (κ1) is 37.8. The maximum absolute atomic E-state index is 2.69. The Hall–Kier alpha value is -4.80. The summed E-state index contributed by atoms with van der Waals surface area (Å²) in [4.78, 5) is 5.31. The van der Waals surface area contributed by atoms with Crippen LogP contribution in [0, 0.1) is 18.8 Å². The molecule has 9 rings (SSSR count). The Balaban J connectivity index is 1.37. The molecule has 288 valence electrons. The van der Waals surface area contributed by atoms with Gasteiger partial charge in [0.1, 0.15) is 0 Å². The van der Waals surface area contributed by atoms with Gasteiger partial charge in [0.25, 0.3) is 6.71 Å². The van der Waals surface area contributed by atoms with E-state index in [-0.39, 0.29) is 12.1 Å². The predicted octanol–water partition coefficient (Wildman–Crippen LogP) is 14.0. The van der Waals surface area contributed by atoms with Crippen molar-refractivity contribution in [3.05, 3.63) is 149 Å². The van der Waals surface area contributed by atoms with E-state index >= 15 is 0 Å². The van der Waals surface area contributed by atoms with Crippen molar-refractivity contribution < 1.29 is 0 Å². The van der Waals surface area contributed by atoms with E-state index in [4.69, 9.17) is 0 Å². The molecule has 2 atom stereocenters. The summed E-state index contributed by atoms with van der Waals surface area (Å²) in [5, 5.41) is 1.37. The Morgan fingerprint density at radius 1 is 0.719 bits per heavy atom. The number of hydrogen-bond acceptors (Lipinski definition) is 3. The number of unbranched alkanes of at least 4 members (excludes halogenated alkanes) is 2. The standard InChI is InChI=1S/C53H57BN2S/c1-9-11-16-37-21-25-41(26-22-37)55-45-27-20-35(4)36(5)49(45)54-50-46(55)30-34(3)31-47(50)56(51-43-33-40(53(6,7)8)24-29-48(43)57-52(51)54)44-28-23-38(17-12-10-2)32-42(44)39-18-14-13-15-19-39/h13-15,18-33,35-36H,9-12,16-17H2,1-8H3. The molecule has 2 unspecified atom stereocenters. The summed E-state index contributed by atoms with van der Waals surface area (Å²) in [5.74, 6) is 0.831. The van der Waals surface area contributed by atoms with Crippen molar-refractivity contribution >= 4 is 66.8 Å². The third-order valence-corrected chi connectivity index (χ3v) is 14.2. The molecule has 57 heavy (non-hydrogen) atoms. The van der Waals surface area contributed by atoms with Crippen molar-refractivity contribution in [2.24, 2.45) is 11.8 Å². The SMILES string of the molecule is CCCCc1ccc(N2C3=C(B4c5sc6ccc(C(C)(C)C)cc6c5N(c5ccc(CCCC)cc5-c5ccccc5)c5cc(C)cc2c54)C(C)C(C)C=C3)cc1. The van der Waals surface area contributed by atoms with Crippen molar-refractivity contribution in [1.82, 2.24) is 0 Å². The van der Waals surface area contributed by atoms with Gasteiger partial charge >= 0.3 is 0 Å². The van der Waals surface area contributed by atoms with Crippen molar-refractivity contribution in [2.75, 3.05) is 9.80 Å². The number of allylic oxidation sites excluding steroid dienone is 3. The Kier molecular flexibility index (Phi) is 9.84. The molecule has 0 amide bonds. The van der Waals surface area contributed by atoms with E-state index in [0.29, 0.717) is 11.8 Å². The van der Waals surface area contributed by atoms with Crippen LogP contribution in [0.5, 0.6) is 0 Å². The summed E-state index contributed by atoms with van der Waals surface area (Å²) in [6.45, 7) is 19.0. The quantitative estimate of drug-likeness (QED) is 0.135. The summed E-state index contributed by atoms with van der Waals surface area (Å²) in [5.41, 5.74) is 18.9. The lowest BCUT2D eigenvalue weighted by molar-refractivity contribution is 0.535. The summed E-state index contributed by atoms with van der Waals surface area (Å²) in [6, 6.07) is 40.2. The van der Waals surface area contributed by atoms with Crippen LogP contribution in [-0.4, -0.2) is 6.71 Å². The van der Waals surface area contributed by atoms with Gasteiger partial charge in [-0.2, -0.15) is 0 Å². The van der Waals surface area contributed by atoms with Crippen LogP contribution in [0.15, 0.2) is 126 Å². The molecular formula is C53H57BN2S. The number of nitrogens with zero attached hydrogens (tertiary/aromatic N) is 2. The smallest absolute Gasteiger partial charge is 0.260 e. The lowest BCUT2D eigenvalue weighted by Crippen LogP contribution is -2.56. The summed E-state index contributed by atoms with van der Waals surface area (Å²) in [6.07, 6.45) is 11.9. The second kappa shape index (κ2) is 14.9. The van der Waals surface area contributed by atoms with Crippen LogP contribution >= 0.6 is 11.3 Å². The fraction of sp³-hybridized carbons (Fsp3) is 0.321. The normalized spacial score (nSPS) is 17.3. The van der Waals surface area contributed by atoms with Gasteiger partial charge in [-0.15, -0.1) is 11.3 Å². The van der Waals surface area contributed by atoms with Gasteiger partial charge < -0.3 is 9.80 Å². The summed E-state index contributed by atoms with van der Waals surface area (Å²) in [7, 11) is 0. The first-order valence-corrected chi connectivity index (χ1v) is 22.4. The van der Waals surface area contributed by atoms with Gasteiger partial charge in [0.05, 0.1) is 11.4 Å². The van der Waals surface area contributed by atoms with Gasteiger partial charge in [0, 0.05) is 43.2 Å². The largest absolute Gasteiger partial charge is 0.312 e. The van der Waals surface area contributed by atoms with Gasteiger partial charge in [0.2, 0.25) is 0 Å². The first-order chi connectivity index (χ1) is 27.6. The van der Waals surface area contributed by atoms with Crippen LogP contribution in [0.2, 0.25) is 0 Å². The molecule has 0 fully saturated rings. The molecule has 0 radical (unpaired) electrons. The number of rotatable bonds is 9. The number of hydrogen-bond donors (Lipinski definition) is 0. The highest BCUT2D eigenvalue weighted by molar-refractivity contribution is 7.32. The molecule has 2 aliphatic heterocycles. The molecule has 1 aliphatic carbocycles. The third kappa shape index (κ3) is 6.49. The van der Waals surface area contributed by atoms with E-state index in [1.54, 1.807) is 5.47 Å². The van der Waals surface area contributed by atoms with E-state index in [0.717, 1.165) is 12.8 Å². The van der Waals surface area contributed by atoms with Gasteiger partial charge in [-0.3, -0.25) is 0 Å². The highest BCUT2D eigenvalue weighted by atomic mass is 32.1. The number of thiophene rings is 1. The molecular weight excluding hydrogens is 707 g/mol. The zero-order chi connectivity index (χ0) is 39.6. The summed E-state index contributed by atoms with van der Waals surface area (Å²) < 4.78 is 2.84. The van der Waals surface area contributed by atoms with Gasteiger partial charge in [0.15, 0.2) is 0 Å². The topological polar surface area (TPSA) is 6.48 Å². The molecule has 0 saturated carbocycles. The maximum atomic E-state index is 2.69. The van der Waals surface area contributed by atoms with Crippen LogP contribution in [0.3, 0.4) is 0 Å². The van der Waals surface area contributed by atoms with Crippen LogP contribution in [-0.2, 0) is 18.3 Å². The average molecular weight is 765 g/mol. The van der Waals surface area contributed by atoms with Crippen LogP contribution in [0.1, 0.15) is 96.4 Å². The van der Waals surface area contributed by atoms with Crippen molar-refractivity contribution in [2.45, 2.75) is 99.3 Å². The van der Waals surface area contributed by atoms with Crippen LogP contribution < -0.4 is 20.0 Å². The zero-order valence-electron chi connectivity index (χ0n) is 35.2. The number of anilines is 5. The number of fused-ring (bicyclic) bond motifs is 5. The van der Waals surface area contributed by atoms with E-state index in [1.807, 2.05) is 11.3 Å². The van der Waals surface area contributed by atoms with Crippen LogP contribution in [0.4, 0.5) is 28.4 Å². The monoisotopic (exact) mass is 764 g/mol. The molecule has 6 aromatic rings. The van der Waals surface area contributed by atoms with Gasteiger partial charge in [-0.05, 0) is 138 Å². The van der Waals surface area contributed by atoms with Gasteiger partial charge in [-0.1, -0.05) is 127 Å². The molecule has 0 bridgehead atoms. The maximum Gasteiger partial charge on any atom is 0.260 e. The molecule has 0 N–H and O–H groups in total. The second-order valence-corrected chi connectivity index (χ2v) is 19.1. The van der Waals surface area contributed by atoms with E-state index < -0.39 is 0 Å². The fourth-order valence-corrected chi connectivity index (χ4v) is 10.9. The Morgan fingerprint density at radius 3 is 2.11 bits per heavy atom. The summed E-state index contributed by atoms with van der Waals surface area (Å²) >= 11 is 2.02. The predicted molar refractivity (Wildman–Crippen MR) is 251 cm³/mol. The third-order valence-electron chi connectivity index (χ3n) is 13.0. The van der Waals surface area contributed by atoms with Crippen LogP contribution in [0.25, 0.3) is 21.2 Å². The minimum absolute atomic E-state index is 0.0333. The Morgan fingerprint density at radius 2 is 1.40 bits per heavy atom. The molecule has 0 saturated heterocycles.